The summed E-state index contributed by atoms with van der Waals surface area (Å²) in [5.74, 6) is 0. The largest absolute Gasteiger partial charge is 0.281 e. The van der Waals surface area contributed by atoms with E-state index in [0.29, 0.717) is 11.1 Å². The molecular weight excluding hydrogens is 296 g/mol. The maximum atomic E-state index is 12.3. The number of benzene rings is 1. The van der Waals surface area contributed by atoms with Gasteiger partial charge >= 0.3 is 0 Å². The van der Waals surface area contributed by atoms with Crippen LogP contribution in [-0.2, 0) is 14.9 Å². The molecule has 0 atom stereocenters. The lowest BCUT2D eigenvalue weighted by molar-refractivity contribution is -0.386. The number of nitro groups is 1. The summed E-state index contributed by atoms with van der Waals surface area (Å²) in [6.07, 6.45) is 0. The van der Waals surface area contributed by atoms with Crippen LogP contribution in [0.25, 0.3) is 0 Å². The molecule has 118 valence electrons. The number of hydrogen-bond acceptors (Lipinski definition) is 5. The molecule has 0 heterocycles. The third kappa shape index (κ3) is 3.99. The lowest BCUT2D eigenvalue weighted by Crippen LogP contribution is -2.34. The predicted octanol–water partition coefficient (Wildman–Crippen LogP) is 2.53. The maximum Gasteiger partial charge on any atom is 0.276 e. The molecule has 0 aliphatic heterocycles. The highest BCUT2D eigenvalue weighted by Gasteiger charge is 2.29. The summed E-state index contributed by atoms with van der Waals surface area (Å²) in [7, 11) is -4.00. The Labute approximate surface area is 124 Å². The van der Waals surface area contributed by atoms with Gasteiger partial charge in [-0.05, 0) is 53.2 Å². The molecule has 0 radical (unpaired) electrons. The van der Waals surface area contributed by atoms with Crippen molar-refractivity contribution in [3.8, 4) is 0 Å². The Balaban J connectivity index is 3.43. The van der Waals surface area contributed by atoms with Crippen molar-refractivity contribution >= 4 is 15.7 Å². The van der Waals surface area contributed by atoms with Crippen molar-refractivity contribution in [2.75, 3.05) is 0 Å². The van der Waals surface area contributed by atoms with Gasteiger partial charge in [-0.2, -0.15) is 0 Å². The highest BCUT2D eigenvalue weighted by Crippen LogP contribution is 2.31. The highest BCUT2D eigenvalue weighted by atomic mass is 32.2. The summed E-state index contributed by atoms with van der Waals surface area (Å²) in [4.78, 5) is 17.5. The van der Waals surface area contributed by atoms with Gasteiger partial charge in [-0.1, -0.05) is 4.89 Å². The molecule has 1 rings (SSSR count). The van der Waals surface area contributed by atoms with Crippen LogP contribution in [0, 0.1) is 30.9 Å². The summed E-state index contributed by atoms with van der Waals surface area (Å²) in [6, 6.07) is 1.48. The SMILES string of the molecule is Cc1cc(C)c(S(=O)(=O)NOC(C)(C)C)c(C)c1[N+](=O)[O-]. The lowest BCUT2D eigenvalue weighted by Gasteiger charge is -2.20. The maximum absolute atomic E-state index is 12.3. The number of hydrogen-bond donors (Lipinski definition) is 1. The minimum Gasteiger partial charge on any atom is -0.281 e. The van der Waals surface area contributed by atoms with E-state index in [4.69, 9.17) is 4.84 Å². The van der Waals surface area contributed by atoms with E-state index < -0.39 is 20.5 Å². The predicted molar refractivity (Wildman–Crippen MR) is 78.5 cm³/mol. The van der Waals surface area contributed by atoms with Crippen molar-refractivity contribution in [2.24, 2.45) is 0 Å². The van der Waals surface area contributed by atoms with Crippen LogP contribution in [0.4, 0.5) is 5.69 Å². The van der Waals surface area contributed by atoms with E-state index in [-0.39, 0.29) is 16.1 Å². The molecule has 21 heavy (non-hydrogen) atoms. The Morgan fingerprint density at radius 3 is 2.14 bits per heavy atom. The normalized spacial score (nSPS) is 12.5. The van der Waals surface area contributed by atoms with E-state index >= 15 is 0 Å². The molecule has 0 fully saturated rings. The van der Waals surface area contributed by atoms with Gasteiger partial charge in [0.25, 0.3) is 15.7 Å². The van der Waals surface area contributed by atoms with E-state index in [1.807, 2.05) is 4.89 Å². The van der Waals surface area contributed by atoms with Crippen LogP contribution in [0.1, 0.15) is 37.5 Å². The topological polar surface area (TPSA) is 98.5 Å². The third-order valence-corrected chi connectivity index (χ3v) is 4.24. The highest BCUT2D eigenvalue weighted by molar-refractivity contribution is 7.89. The van der Waals surface area contributed by atoms with Gasteiger partial charge in [0, 0.05) is 11.1 Å². The zero-order chi connectivity index (χ0) is 16.6. The Morgan fingerprint density at radius 1 is 1.19 bits per heavy atom. The average Bonchev–Trinajstić information content (AvgIpc) is 2.23. The van der Waals surface area contributed by atoms with Gasteiger partial charge in [-0.25, -0.2) is 8.42 Å². The van der Waals surface area contributed by atoms with Crippen LogP contribution in [0.15, 0.2) is 11.0 Å². The smallest absolute Gasteiger partial charge is 0.276 e. The Bertz CT molecular complexity index is 675. The van der Waals surface area contributed by atoms with E-state index in [1.54, 1.807) is 34.6 Å². The third-order valence-electron chi connectivity index (χ3n) is 2.77. The number of sulfonamides is 1. The fraction of sp³-hybridized carbons (Fsp3) is 0.538. The van der Waals surface area contributed by atoms with E-state index in [1.165, 1.54) is 13.0 Å². The van der Waals surface area contributed by atoms with Gasteiger partial charge in [0.05, 0.1) is 15.4 Å². The summed E-state index contributed by atoms with van der Waals surface area (Å²) >= 11 is 0. The number of aryl methyl sites for hydroxylation is 2. The second-order valence-corrected chi connectivity index (χ2v) is 7.45. The Hall–Kier alpha value is -1.51. The van der Waals surface area contributed by atoms with Gasteiger partial charge in [-0.15, -0.1) is 0 Å². The molecule has 1 aromatic carbocycles. The van der Waals surface area contributed by atoms with Crippen LogP contribution in [0.5, 0.6) is 0 Å². The first kappa shape index (κ1) is 17.5. The number of rotatable bonds is 4. The molecule has 0 unspecified atom stereocenters. The minimum atomic E-state index is -4.00. The van der Waals surface area contributed by atoms with Crippen molar-refractivity contribution in [2.45, 2.75) is 52.0 Å². The van der Waals surface area contributed by atoms with Crippen LogP contribution < -0.4 is 4.89 Å². The van der Waals surface area contributed by atoms with Gasteiger partial charge in [0.1, 0.15) is 0 Å². The van der Waals surface area contributed by atoms with Crippen molar-refractivity contribution in [3.05, 3.63) is 32.9 Å². The molecule has 0 aliphatic rings. The average molecular weight is 316 g/mol. The van der Waals surface area contributed by atoms with Crippen molar-refractivity contribution in [1.82, 2.24) is 4.89 Å². The molecule has 0 spiro atoms. The van der Waals surface area contributed by atoms with Crippen molar-refractivity contribution in [1.29, 1.82) is 0 Å². The molecule has 8 heteroatoms. The van der Waals surface area contributed by atoms with Crippen LogP contribution in [0.3, 0.4) is 0 Å². The molecule has 7 nitrogen and oxygen atoms in total. The zero-order valence-electron chi connectivity index (χ0n) is 13.0. The Kier molecular flexibility index (Phi) is 4.76. The van der Waals surface area contributed by atoms with Gasteiger partial charge in [0.2, 0.25) is 0 Å². The molecule has 0 aromatic heterocycles. The summed E-state index contributed by atoms with van der Waals surface area (Å²) in [5.41, 5.74) is 0.0384. The van der Waals surface area contributed by atoms with Crippen LogP contribution in [0.2, 0.25) is 0 Å². The van der Waals surface area contributed by atoms with Crippen molar-refractivity contribution < 1.29 is 18.2 Å². The second-order valence-electron chi connectivity index (χ2n) is 5.87. The molecule has 0 bridgehead atoms. The standard InChI is InChI=1S/C13H20N2O5S/c1-8-7-9(2)12(10(3)11(8)15(16)17)21(18,19)14-20-13(4,5)6/h7,14H,1-6H3. The number of nitro benzene ring substituents is 1. The molecule has 1 aromatic rings. The fourth-order valence-corrected chi connectivity index (χ4v) is 3.50. The van der Waals surface area contributed by atoms with Crippen LogP contribution in [-0.4, -0.2) is 18.9 Å². The summed E-state index contributed by atoms with van der Waals surface area (Å²) in [6.45, 7) is 9.65. The quantitative estimate of drug-likeness (QED) is 0.680. The van der Waals surface area contributed by atoms with Gasteiger partial charge < -0.3 is 0 Å². The molecule has 0 aliphatic carbocycles. The monoisotopic (exact) mass is 316 g/mol. The minimum absolute atomic E-state index is 0.0995. The summed E-state index contributed by atoms with van der Waals surface area (Å²) in [5, 5.41) is 11.1. The van der Waals surface area contributed by atoms with E-state index in [9.17, 15) is 18.5 Å². The molecule has 0 saturated carbocycles. The molecular formula is C13H20N2O5S. The number of nitrogens with one attached hydrogen (secondary N) is 1. The number of nitrogens with zero attached hydrogens (tertiary/aromatic N) is 1. The molecule has 0 saturated heterocycles. The fourth-order valence-electron chi connectivity index (χ4n) is 2.07. The first-order chi connectivity index (χ1) is 9.37. The van der Waals surface area contributed by atoms with Gasteiger partial charge in [-0.3, -0.25) is 15.0 Å². The zero-order valence-corrected chi connectivity index (χ0v) is 13.8. The first-order valence-corrected chi connectivity index (χ1v) is 7.80. The molecule has 1 N–H and O–H groups in total. The molecule has 0 amide bonds. The van der Waals surface area contributed by atoms with Gasteiger partial charge in [0.15, 0.2) is 0 Å². The Morgan fingerprint density at radius 2 is 1.71 bits per heavy atom. The van der Waals surface area contributed by atoms with E-state index in [0.717, 1.165) is 0 Å². The second kappa shape index (κ2) is 5.70. The van der Waals surface area contributed by atoms with E-state index in [2.05, 4.69) is 0 Å². The van der Waals surface area contributed by atoms with Crippen LogP contribution >= 0.6 is 0 Å². The first-order valence-electron chi connectivity index (χ1n) is 6.32. The van der Waals surface area contributed by atoms with Crippen molar-refractivity contribution in [3.63, 3.8) is 0 Å². The summed E-state index contributed by atoms with van der Waals surface area (Å²) < 4.78 is 24.7. The lowest BCUT2D eigenvalue weighted by atomic mass is 10.1.